The fourth-order valence-corrected chi connectivity index (χ4v) is 1.82. The second-order valence-corrected chi connectivity index (χ2v) is 4.31. The van der Waals surface area contributed by atoms with Gasteiger partial charge in [-0.25, -0.2) is 9.37 Å². The first-order valence-electron chi connectivity index (χ1n) is 4.84. The molecule has 0 spiro atoms. The fraction of sp³-hybridized carbons (Fsp3) is 0.182. The van der Waals surface area contributed by atoms with Crippen molar-refractivity contribution in [3.63, 3.8) is 0 Å². The van der Waals surface area contributed by atoms with E-state index in [0.717, 1.165) is 10.3 Å². The van der Waals surface area contributed by atoms with Crippen molar-refractivity contribution >= 4 is 15.9 Å². The van der Waals surface area contributed by atoms with Gasteiger partial charge in [-0.05, 0) is 25.2 Å². The average Bonchev–Trinajstić information content (AvgIpc) is 2.71. The number of imidazole rings is 1. The number of aromatic amines is 1. The van der Waals surface area contributed by atoms with Crippen molar-refractivity contribution in [3.05, 3.63) is 40.5 Å². The Hall–Kier alpha value is -1.20. The molecular formula is C11H11BrFN3. The third kappa shape index (κ3) is 2.31. The molecule has 3 nitrogen and oxygen atoms in total. The molecule has 5 heteroatoms. The number of hydrogen-bond acceptors (Lipinski definition) is 2. The average molecular weight is 284 g/mol. The van der Waals surface area contributed by atoms with Crippen molar-refractivity contribution in [2.24, 2.45) is 0 Å². The molecule has 1 aromatic heterocycles. The first-order valence-corrected chi connectivity index (χ1v) is 5.64. The Kier molecular flexibility index (Phi) is 3.36. The number of aromatic nitrogens is 2. The SMILES string of the molecule is CNCc1ncc(-c2cc(Br)ccc2F)[nH]1. The quantitative estimate of drug-likeness (QED) is 0.909. The highest BCUT2D eigenvalue weighted by Gasteiger charge is 2.08. The van der Waals surface area contributed by atoms with Crippen LogP contribution in [-0.4, -0.2) is 17.0 Å². The van der Waals surface area contributed by atoms with E-state index in [4.69, 9.17) is 0 Å². The van der Waals surface area contributed by atoms with Crippen LogP contribution in [0.15, 0.2) is 28.9 Å². The molecule has 2 aromatic rings. The summed E-state index contributed by atoms with van der Waals surface area (Å²) in [4.78, 5) is 7.22. The van der Waals surface area contributed by atoms with E-state index < -0.39 is 0 Å². The molecule has 0 bridgehead atoms. The Labute approximate surface area is 101 Å². The van der Waals surface area contributed by atoms with Gasteiger partial charge >= 0.3 is 0 Å². The van der Waals surface area contributed by atoms with E-state index in [0.29, 0.717) is 17.8 Å². The molecule has 0 amide bonds. The Morgan fingerprint density at radius 2 is 2.31 bits per heavy atom. The minimum absolute atomic E-state index is 0.261. The van der Waals surface area contributed by atoms with E-state index in [-0.39, 0.29) is 5.82 Å². The minimum atomic E-state index is -0.261. The predicted octanol–water partition coefficient (Wildman–Crippen LogP) is 2.70. The summed E-state index contributed by atoms with van der Waals surface area (Å²) in [5.74, 6) is 0.528. The summed E-state index contributed by atoms with van der Waals surface area (Å²) in [5, 5.41) is 2.98. The molecule has 1 aromatic carbocycles. The summed E-state index contributed by atoms with van der Waals surface area (Å²) in [7, 11) is 1.84. The lowest BCUT2D eigenvalue weighted by Gasteiger charge is -2.00. The zero-order chi connectivity index (χ0) is 11.5. The van der Waals surface area contributed by atoms with Gasteiger partial charge < -0.3 is 10.3 Å². The number of nitrogens with zero attached hydrogens (tertiary/aromatic N) is 1. The lowest BCUT2D eigenvalue weighted by molar-refractivity contribution is 0.630. The molecule has 0 unspecified atom stereocenters. The number of benzene rings is 1. The molecule has 0 radical (unpaired) electrons. The first-order chi connectivity index (χ1) is 7.70. The van der Waals surface area contributed by atoms with E-state index in [2.05, 4.69) is 31.2 Å². The van der Waals surface area contributed by atoms with Crippen LogP contribution < -0.4 is 5.32 Å². The van der Waals surface area contributed by atoms with E-state index in [1.165, 1.54) is 6.07 Å². The molecule has 2 rings (SSSR count). The monoisotopic (exact) mass is 283 g/mol. The van der Waals surface area contributed by atoms with Crippen LogP contribution in [0.25, 0.3) is 11.3 Å². The molecule has 84 valence electrons. The summed E-state index contributed by atoms with van der Waals surface area (Å²) >= 11 is 3.32. The van der Waals surface area contributed by atoms with E-state index in [9.17, 15) is 4.39 Å². The van der Waals surface area contributed by atoms with Crippen molar-refractivity contribution in [2.45, 2.75) is 6.54 Å². The standard InChI is InChI=1S/C11H11BrFN3/c1-14-6-11-15-5-10(16-11)8-4-7(12)2-3-9(8)13/h2-5,14H,6H2,1H3,(H,15,16). The third-order valence-corrected chi connectivity index (χ3v) is 2.68. The molecular weight excluding hydrogens is 273 g/mol. The molecule has 0 aliphatic carbocycles. The van der Waals surface area contributed by atoms with Crippen molar-refractivity contribution in [2.75, 3.05) is 7.05 Å². The molecule has 0 aliphatic rings. The summed E-state index contributed by atoms with van der Waals surface area (Å²) in [6.45, 7) is 0.635. The van der Waals surface area contributed by atoms with Gasteiger partial charge in [0.05, 0.1) is 18.4 Å². The summed E-state index contributed by atoms with van der Waals surface area (Å²) in [5.41, 5.74) is 1.20. The van der Waals surface area contributed by atoms with Crippen LogP contribution in [0.4, 0.5) is 4.39 Å². The maximum absolute atomic E-state index is 13.6. The van der Waals surface area contributed by atoms with E-state index >= 15 is 0 Å². The molecule has 0 atom stereocenters. The lowest BCUT2D eigenvalue weighted by Crippen LogP contribution is -2.06. The van der Waals surface area contributed by atoms with Gasteiger partial charge in [0.1, 0.15) is 11.6 Å². The summed E-state index contributed by atoms with van der Waals surface area (Å²) < 4.78 is 14.4. The van der Waals surface area contributed by atoms with E-state index in [1.807, 2.05) is 7.05 Å². The predicted molar refractivity (Wildman–Crippen MR) is 64.4 cm³/mol. The smallest absolute Gasteiger partial charge is 0.132 e. The van der Waals surface area contributed by atoms with Crippen molar-refractivity contribution < 1.29 is 4.39 Å². The minimum Gasteiger partial charge on any atom is -0.341 e. The lowest BCUT2D eigenvalue weighted by atomic mass is 10.1. The number of H-pyrrole nitrogens is 1. The van der Waals surface area contributed by atoms with E-state index in [1.54, 1.807) is 18.3 Å². The molecule has 16 heavy (non-hydrogen) atoms. The topological polar surface area (TPSA) is 40.7 Å². The Morgan fingerprint density at radius 3 is 3.06 bits per heavy atom. The van der Waals surface area contributed by atoms with Gasteiger partial charge in [-0.2, -0.15) is 0 Å². The highest BCUT2D eigenvalue weighted by Crippen LogP contribution is 2.24. The highest BCUT2D eigenvalue weighted by molar-refractivity contribution is 9.10. The van der Waals surface area contributed by atoms with Gasteiger partial charge in [0.15, 0.2) is 0 Å². The fourth-order valence-electron chi connectivity index (χ4n) is 1.46. The van der Waals surface area contributed by atoms with Crippen LogP contribution in [0.1, 0.15) is 5.82 Å². The van der Waals surface area contributed by atoms with Crippen molar-refractivity contribution in [1.29, 1.82) is 0 Å². The van der Waals surface area contributed by atoms with Crippen LogP contribution in [0, 0.1) is 5.82 Å². The first kappa shape index (κ1) is 11.3. The third-order valence-electron chi connectivity index (χ3n) is 2.19. The van der Waals surface area contributed by atoms with Gasteiger partial charge in [0.2, 0.25) is 0 Å². The maximum atomic E-state index is 13.6. The molecule has 2 N–H and O–H groups in total. The van der Waals surface area contributed by atoms with Crippen LogP contribution in [0.2, 0.25) is 0 Å². The van der Waals surface area contributed by atoms with Gasteiger partial charge in [0.25, 0.3) is 0 Å². The highest BCUT2D eigenvalue weighted by atomic mass is 79.9. The van der Waals surface area contributed by atoms with Crippen molar-refractivity contribution in [1.82, 2.24) is 15.3 Å². The van der Waals surface area contributed by atoms with Crippen molar-refractivity contribution in [3.8, 4) is 11.3 Å². The van der Waals surface area contributed by atoms with Crippen LogP contribution in [-0.2, 0) is 6.54 Å². The number of nitrogens with one attached hydrogen (secondary N) is 2. The zero-order valence-electron chi connectivity index (χ0n) is 8.72. The van der Waals surface area contributed by atoms with Gasteiger partial charge in [0, 0.05) is 10.0 Å². The molecule has 0 saturated heterocycles. The number of halogens is 2. The number of rotatable bonds is 3. The van der Waals surface area contributed by atoms with Crippen LogP contribution >= 0.6 is 15.9 Å². The van der Waals surface area contributed by atoms with Gasteiger partial charge in [-0.3, -0.25) is 0 Å². The summed E-state index contributed by atoms with van der Waals surface area (Å²) in [6, 6.07) is 4.83. The molecule has 1 heterocycles. The number of hydrogen-bond donors (Lipinski definition) is 2. The van der Waals surface area contributed by atoms with Crippen LogP contribution in [0.5, 0.6) is 0 Å². The molecule has 0 aliphatic heterocycles. The summed E-state index contributed by atoms with van der Waals surface area (Å²) in [6.07, 6.45) is 1.64. The molecule has 0 fully saturated rings. The van der Waals surface area contributed by atoms with Crippen LogP contribution in [0.3, 0.4) is 0 Å². The normalized spacial score (nSPS) is 10.7. The second kappa shape index (κ2) is 4.76. The van der Waals surface area contributed by atoms with Gasteiger partial charge in [-0.1, -0.05) is 15.9 Å². The Bertz CT molecular complexity index is 496. The Morgan fingerprint density at radius 1 is 1.50 bits per heavy atom. The Balaban J connectivity index is 2.38. The second-order valence-electron chi connectivity index (χ2n) is 3.40. The molecule has 0 saturated carbocycles. The zero-order valence-corrected chi connectivity index (χ0v) is 10.3. The largest absolute Gasteiger partial charge is 0.341 e. The maximum Gasteiger partial charge on any atom is 0.132 e. The van der Waals surface area contributed by atoms with Gasteiger partial charge in [-0.15, -0.1) is 0 Å².